The van der Waals surface area contributed by atoms with E-state index in [2.05, 4.69) is 15.0 Å². The first-order valence-electron chi connectivity index (χ1n) is 11.3. The molecule has 8 nitrogen and oxygen atoms in total. The molecule has 0 bridgehead atoms. The predicted octanol–water partition coefficient (Wildman–Crippen LogP) is 1.40. The van der Waals surface area contributed by atoms with Crippen molar-refractivity contribution in [3.8, 4) is 0 Å². The molecule has 4 rings (SSSR count). The molecule has 3 fully saturated rings. The molecule has 3 heterocycles. The molecular formula is C22H34N4O4. The average molecular weight is 419 g/mol. The number of rotatable bonds is 7. The van der Waals surface area contributed by atoms with E-state index in [0.29, 0.717) is 18.7 Å². The smallest absolute Gasteiger partial charge is 0.227 e. The summed E-state index contributed by atoms with van der Waals surface area (Å²) in [5, 5.41) is 3.96. The van der Waals surface area contributed by atoms with Crippen molar-refractivity contribution in [3.05, 3.63) is 17.0 Å². The molecule has 1 aromatic rings. The van der Waals surface area contributed by atoms with Crippen molar-refractivity contribution < 1.29 is 18.8 Å². The van der Waals surface area contributed by atoms with Crippen molar-refractivity contribution in [2.45, 2.75) is 52.0 Å². The molecule has 1 unspecified atom stereocenters. The van der Waals surface area contributed by atoms with Gasteiger partial charge in [-0.25, -0.2) is 0 Å². The van der Waals surface area contributed by atoms with Crippen LogP contribution in [0.5, 0.6) is 0 Å². The molecular weight excluding hydrogens is 384 g/mol. The van der Waals surface area contributed by atoms with E-state index >= 15 is 0 Å². The molecule has 1 atom stereocenters. The average Bonchev–Trinajstić information content (AvgIpc) is 3.57. The molecule has 166 valence electrons. The monoisotopic (exact) mass is 418 g/mol. The van der Waals surface area contributed by atoms with E-state index in [1.165, 1.54) is 0 Å². The molecule has 1 aromatic heterocycles. The third-order valence-electron chi connectivity index (χ3n) is 6.67. The summed E-state index contributed by atoms with van der Waals surface area (Å²) in [5.41, 5.74) is 1.67. The van der Waals surface area contributed by atoms with Crippen LogP contribution in [0.3, 0.4) is 0 Å². The molecule has 2 aliphatic heterocycles. The van der Waals surface area contributed by atoms with Gasteiger partial charge in [-0.05, 0) is 39.5 Å². The zero-order chi connectivity index (χ0) is 21.1. The van der Waals surface area contributed by atoms with Gasteiger partial charge >= 0.3 is 0 Å². The second-order valence-electron chi connectivity index (χ2n) is 8.88. The summed E-state index contributed by atoms with van der Waals surface area (Å²) < 4.78 is 10.7. The second-order valence-corrected chi connectivity index (χ2v) is 8.88. The Morgan fingerprint density at radius 3 is 2.57 bits per heavy atom. The Morgan fingerprint density at radius 1 is 1.13 bits per heavy atom. The summed E-state index contributed by atoms with van der Waals surface area (Å²) in [6.07, 6.45) is 4.24. The normalized spacial score (nSPS) is 22.9. The number of carbonyl (C=O) groups is 2. The van der Waals surface area contributed by atoms with Crippen LogP contribution >= 0.6 is 0 Å². The molecule has 0 N–H and O–H groups in total. The number of morpholine rings is 1. The zero-order valence-corrected chi connectivity index (χ0v) is 18.3. The van der Waals surface area contributed by atoms with Gasteiger partial charge in [0.05, 0.1) is 25.3 Å². The minimum absolute atomic E-state index is 0.0982. The maximum atomic E-state index is 13.1. The Morgan fingerprint density at radius 2 is 1.90 bits per heavy atom. The van der Waals surface area contributed by atoms with Crippen LogP contribution in [-0.4, -0.2) is 90.2 Å². The minimum Gasteiger partial charge on any atom is -0.379 e. The molecule has 2 amide bonds. The fourth-order valence-electron chi connectivity index (χ4n) is 4.56. The molecule has 0 spiro atoms. The number of piperidine rings is 1. The highest BCUT2D eigenvalue weighted by Gasteiger charge is 2.38. The third-order valence-corrected chi connectivity index (χ3v) is 6.67. The Hall–Kier alpha value is -1.93. The fourth-order valence-corrected chi connectivity index (χ4v) is 4.56. The van der Waals surface area contributed by atoms with Gasteiger partial charge in [-0.2, -0.15) is 0 Å². The van der Waals surface area contributed by atoms with Gasteiger partial charge in [-0.1, -0.05) is 5.16 Å². The van der Waals surface area contributed by atoms with Crippen LogP contribution in [0, 0.1) is 19.8 Å². The summed E-state index contributed by atoms with van der Waals surface area (Å²) in [6.45, 7) is 10.1. The number of carbonyl (C=O) groups excluding carboxylic acids is 2. The molecule has 8 heteroatoms. The second kappa shape index (κ2) is 9.47. The van der Waals surface area contributed by atoms with Crippen LogP contribution in [0.4, 0.5) is 0 Å². The maximum absolute atomic E-state index is 13.1. The Kier molecular flexibility index (Phi) is 6.73. The molecule has 30 heavy (non-hydrogen) atoms. The SMILES string of the molecule is Cc1noc(C)c1CC(=O)N1CCCC(N(CCN2CCOCC2)C(=O)C2CC2)C1. The summed E-state index contributed by atoms with van der Waals surface area (Å²) in [5.74, 6) is 1.29. The van der Waals surface area contributed by atoms with Crippen molar-refractivity contribution in [2.75, 3.05) is 52.5 Å². The molecule has 3 aliphatic rings. The van der Waals surface area contributed by atoms with Gasteiger partial charge in [0.25, 0.3) is 0 Å². The van der Waals surface area contributed by atoms with Crippen molar-refractivity contribution in [2.24, 2.45) is 5.92 Å². The number of aryl methyl sites for hydroxylation is 2. The number of ether oxygens (including phenoxy) is 1. The molecule has 1 saturated carbocycles. The van der Waals surface area contributed by atoms with Gasteiger partial charge in [0.2, 0.25) is 11.8 Å². The van der Waals surface area contributed by atoms with Crippen molar-refractivity contribution >= 4 is 11.8 Å². The zero-order valence-electron chi connectivity index (χ0n) is 18.3. The largest absolute Gasteiger partial charge is 0.379 e. The Labute approximate surface area is 178 Å². The van der Waals surface area contributed by atoms with Gasteiger partial charge in [-0.15, -0.1) is 0 Å². The number of hydrogen-bond donors (Lipinski definition) is 0. The van der Waals surface area contributed by atoms with Crippen molar-refractivity contribution in [3.63, 3.8) is 0 Å². The van der Waals surface area contributed by atoms with Crippen molar-refractivity contribution in [1.82, 2.24) is 19.9 Å². The van der Waals surface area contributed by atoms with Crippen LogP contribution < -0.4 is 0 Å². The van der Waals surface area contributed by atoms with Crippen LogP contribution in [0.1, 0.15) is 42.7 Å². The van der Waals surface area contributed by atoms with Crippen molar-refractivity contribution in [1.29, 1.82) is 0 Å². The summed E-state index contributed by atoms with van der Waals surface area (Å²) >= 11 is 0. The lowest BCUT2D eigenvalue weighted by Crippen LogP contribution is -2.54. The van der Waals surface area contributed by atoms with E-state index in [0.717, 1.165) is 82.9 Å². The van der Waals surface area contributed by atoms with E-state index in [1.54, 1.807) is 0 Å². The Bertz CT molecular complexity index is 735. The minimum atomic E-state index is 0.0982. The number of nitrogens with zero attached hydrogens (tertiary/aromatic N) is 4. The van der Waals surface area contributed by atoms with Crippen LogP contribution in [-0.2, 0) is 20.7 Å². The first-order chi connectivity index (χ1) is 14.5. The summed E-state index contributed by atoms with van der Waals surface area (Å²) in [6, 6.07) is 0.113. The first-order valence-corrected chi connectivity index (χ1v) is 11.3. The lowest BCUT2D eigenvalue weighted by molar-refractivity contribution is -0.140. The highest BCUT2D eigenvalue weighted by molar-refractivity contribution is 5.82. The van der Waals surface area contributed by atoms with Crippen LogP contribution in [0.15, 0.2) is 4.52 Å². The number of likely N-dealkylation sites (tertiary alicyclic amines) is 1. The molecule has 1 aliphatic carbocycles. The van der Waals surface area contributed by atoms with Crippen LogP contribution in [0.25, 0.3) is 0 Å². The lowest BCUT2D eigenvalue weighted by atomic mass is 10.0. The summed E-state index contributed by atoms with van der Waals surface area (Å²) in [7, 11) is 0. The van der Waals surface area contributed by atoms with Crippen LogP contribution in [0.2, 0.25) is 0 Å². The van der Waals surface area contributed by atoms with Gasteiger partial charge in [0.15, 0.2) is 0 Å². The Balaban J connectivity index is 1.38. The maximum Gasteiger partial charge on any atom is 0.227 e. The standard InChI is InChI=1S/C22H34N4O4/c1-16-20(17(2)30-23-16)14-21(27)25-7-3-4-19(15-25)26(22(28)18-5-6-18)9-8-24-10-12-29-13-11-24/h18-19H,3-15H2,1-2H3. The fraction of sp³-hybridized carbons (Fsp3) is 0.773. The van der Waals surface area contributed by atoms with Gasteiger partial charge in [0.1, 0.15) is 5.76 Å². The molecule has 0 radical (unpaired) electrons. The van der Waals surface area contributed by atoms with E-state index in [4.69, 9.17) is 9.26 Å². The van der Waals surface area contributed by atoms with Gasteiger partial charge in [0, 0.05) is 56.8 Å². The van der Waals surface area contributed by atoms with E-state index in [9.17, 15) is 9.59 Å². The highest BCUT2D eigenvalue weighted by Crippen LogP contribution is 2.32. The highest BCUT2D eigenvalue weighted by atomic mass is 16.5. The number of amides is 2. The number of aromatic nitrogens is 1. The predicted molar refractivity (Wildman–Crippen MR) is 111 cm³/mol. The lowest BCUT2D eigenvalue weighted by Gasteiger charge is -2.40. The molecule has 2 saturated heterocycles. The van der Waals surface area contributed by atoms with E-state index in [1.807, 2.05) is 18.7 Å². The van der Waals surface area contributed by atoms with Gasteiger partial charge < -0.3 is 19.1 Å². The van der Waals surface area contributed by atoms with Gasteiger partial charge in [-0.3, -0.25) is 14.5 Å². The quantitative estimate of drug-likeness (QED) is 0.666. The first kappa shape index (κ1) is 21.3. The molecule has 0 aromatic carbocycles. The summed E-state index contributed by atoms with van der Waals surface area (Å²) in [4.78, 5) is 32.4. The van der Waals surface area contributed by atoms with E-state index < -0.39 is 0 Å². The topological polar surface area (TPSA) is 79.1 Å². The van der Waals surface area contributed by atoms with E-state index in [-0.39, 0.29) is 23.8 Å². The third kappa shape index (κ3) is 5.03. The number of hydrogen-bond acceptors (Lipinski definition) is 6.